The van der Waals surface area contributed by atoms with Crippen LogP contribution in [0.25, 0.3) is 0 Å². The number of unbranched alkanes of at least 4 members (excludes halogenated alkanes) is 3. The smallest absolute Gasteiger partial charge is 0.311 e. The van der Waals surface area contributed by atoms with E-state index in [1.165, 1.54) is 12.0 Å². The average molecular weight is 454 g/mol. The maximum Gasteiger partial charge on any atom is 0.311 e. The summed E-state index contributed by atoms with van der Waals surface area (Å²) < 4.78 is 9.84. The molecule has 0 unspecified atom stereocenters. The van der Waals surface area contributed by atoms with Gasteiger partial charge in [-0.25, -0.2) is 0 Å². The molecule has 32 heavy (non-hydrogen) atoms. The van der Waals surface area contributed by atoms with Crippen molar-refractivity contribution in [3.05, 3.63) is 11.1 Å². The van der Waals surface area contributed by atoms with E-state index in [-0.39, 0.29) is 29.2 Å². The first-order valence-corrected chi connectivity index (χ1v) is 11.6. The summed E-state index contributed by atoms with van der Waals surface area (Å²) in [6, 6.07) is 0. The second-order valence-corrected chi connectivity index (χ2v) is 9.53. The SMILES string of the molecule is CCC(C)(C)C(=O)OC.CCC(C)(C)C(=O)OCCCCCCN1C(=O)C(C)=C(C)C1=O. The van der Waals surface area contributed by atoms with Crippen LogP contribution in [0.4, 0.5) is 0 Å². The fraction of sp³-hybridized carbons (Fsp3) is 0.760. The average Bonchev–Trinajstić information content (AvgIpc) is 2.95. The Morgan fingerprint density at radius 1 is 0.781 bits per heavy atom. The zero-order valence-electron chi connectivity index (χ0n) is 21.6. The van der Waals surface area contributed by atoms with Gasteiger partial charge in [0.1, 0.15) is 0 Å². The number of rotatable bonds is 11. The first kappa shape index (κ1) is 29.8. The minimum absolute atomic E-state index is 0.134. The van der Waals surface area contributed by atoms with Gasteiger partial charge in [-0.1, -0.05) is 20.3 Å². The zero-order chi connectivity index (χ0) is 25.1. The lowest BCUT2D eigenvalue weighted by Gasteiger charge is -2.20. The number of ether oxygens (including phenoxy) is 2. The highest BCUT2D eigenvalue weighted by molar-refractivity contribution is 6.18. The van der Waals surface area contributed by atoms with Gasteiger partial charge in [0.25, 0.3) is 11.8 Å². The number of hydrogen-bond donors (Lipinski definition) is 0. The molecule has 1 aliphatic heterocycles. The fourth-order valence-electron chi connectivity index (χ4n) is 2.67. The van der Waals surface area contributed by atoms with E-state index in [0.29, 0.717) is 24.3 Å². The summed E-state index contributed by atoms with van der Waals surface area (Å²) in [5, 5.41) is 0. The lowest BCUT2D eigenvalue weighted by Crippen LogP contribution is -2.32. The number of nitrogens with zero attached hydrogens (tertiary/aromatic N) is 1. The van der Waals surface area contributed by atoms with Gasteiger partial charge in [-0.05, 0) is 73.6 Å². The zero-order valence-corrected chi connectivity index (χ0v) is 21.6. The molecule has 0 aromatic carbocycles. The second-order valence-electron chi connectivity index (χ2n) is 9.53. The molecule has 0 aromatic heterocycles. The van der Waals surface area contributed by atoms with Crippen molar-refractivity contribution in [3.63, 3.8) is 0 Å². The Morgan fingerprint density at radius 2 is 1.22 bits per heavy atom. The van der Waals surface area contributed by atoms with Gasteiger partial charge < -0.3 is 9.47 Å². The molecule has 1 aliphatic rings. The molecule has 7 nitrogen and oxygen atoms in total. The molecule has 0 N–H and O–H groups in total. The van der Waals surface area contributed by atoms with Crippen LogP contribution in [0.3, 0.4) is 0 Å². The van der Waals surface area contributed by atoms with E-state index < -0.39 is 5.41 Å². The molecule has 0 aromatic rings. The normalized spacial score (nSPS) is 14.3. The Bertz CT molecular complexity index is 681. The van der Waals surface area contributed by atoms with Crippen molar-refractivity contribution in [1.29, 1.82) is 0 Å². The molecule has 0 atom stereocenters. The molecular formula is C25H43NO6. The van der Waals surface area contributed by atoms with Crippen molar-refractivity contribution in [1.82, 2.24) is 4.90 Å². The largest absolute Gasteiger partial charge is 0.469 e. The Labute approximate surface area is 193 Å². The van der Waals surface area contributed by atoms with Crippen LogP contribution >= 0.6 is 0 Å². The molecule has 0 aliphatic carbocycles. The summed E-state index contributed by atoms with van der Waals surface area (Å²) in [6.45, 7) is 15.8. The number of esters is 2. The summed E-state index contributed by atoms with van der Waals surface area (Å²) in [7, 11) is 1.42. The van der Waals surface area contributed by atoms with E-state index in [9.17, 15) is 19.2 Å². The molecule has 0 radical (unpaired) electrons. The number of carbonyl (C=O) groups is 4. The third-order valence-corrected chi connectivity index (χ3v) is 6.26. The van der Waals surface area contributed by atoms with Gasteiger partial charge >= 0.3 is 11.9 Å². The van der Waals surface area contributed by atoms with Crippen LogP contribution in [0, 0.1) is 10.8 Å². The van der Waals surface area contributed by atoms with Crippen molar-refractivity contribution in [3.8, 4) is 0 Å². The molecule has 1 heterocycles. The predicted octanol–water partition coefficient (Wildman–Crippen LogP) is 4.83. The lowest BCUT2D eigenvalue weighted by molar-refractivity contribution is -0.154. The van der Waals surface area contributed by atoms with Crippen molar-refractivity contribution >= 4 is 23.8 Å². The molecule has 0 saturated carbocycles. The maximum atomic E-state index is 11.9. The summed E-state index contributed by atoms with van der Waals surface area (Å²) >= 11 is 0. The highest BCUT2D eigenvalue weighted by atomic mass is 16.5. The van der Waals surface area contributed by atoms with Gasteiger partial charge in [-0.15, -0.1) is 0 Å². The molecule has 1 rings (SSSR count). The number of methoxy groups -OCH3 is 1. The van der Waals surface area contributed by atoms with Crippen LogP contribution in [0.1, 0.15) is 93.9 Å². The number of imide groups is 1. The maximum absolute atomic E-state index is 11.9. The van der Waals surface area contributed by atoms with Crippen molar-refractivity contribution in [2.45, 2.75) is 93.9 Å². The summed E-state index contributed by atoms with van der Waals surface area (Å²) in [4.78, 5) is 47.7. The van der Waals surface area contributed by atoms with Crippen LogP contribution in [0.2, 0.25) is 0 Å². The Morgan fingerprint density at radius 3 is 1.62 bits per heavy atom. The van der Waals surface area contributed by atoms with E-state index >= 15 is 0 Å². The molecule has 0 bridgehead atoms. The lowest BCUT2D eigenvalue weighted by atomic mass is 9.91. The van der Waals surface area contributed by atoms with Gasteiger partial charge in [-0.3, -0.25) is 24.1 Å². The van der Waals surface area contributed by atoms with Crippen LogP contribution < -0.4 is 0 Å². The molecule has 184 valence electrons. The van der Waals surface area contributed by atoms with Crippen molar-refractivity contribution in [2.24, 2.45) is 10.8 Å². The quantitative estimate of drug-likeness (QED) is 0.253. The molecule has 0 fully saturated rings. The molecule has 7 heteroatoms. The number of amides is 2. The van der Waals surface area contributed by atoms with Gasteiger partial charge in [-0.2, -0.15) is 0 Å². The fourth-order valence-corrected chi connectivity index (χ4v) is 2.67. The van der Waals surface area contributed by atoms with Crippen LogP contribution in [-0.2, 0) is 28.7 Å². The van der Waals surface area contributed by atoms with Crippen LogP contribution in [-0.4, -0.2) is 48.9 Å². The Hall–Kier alpha value is -2.18. The Kier molecular flexibility index (Phi) is 12.5. The minimum atomic E-state index is -0.417. The van der Waals surface area contributed by atoms with Gasteiger partial charge in [0.05, 0.1) is 24.5 Å². The topological polar surface area (TPSA) is 90.0 Å². The number of hydrogen-bond acceptors (Lipinski definition) is 6. The molecule has 2 amide bonds. The van der Waals surface area contributed by atoms with Crippen molar-refractivity contribution in [2.75, 3.05) is 20.3 Å². The highest BCUT2D eigenvalue weighted by Crippen LogP contribution is 2.22. The summed E-state index contributed by atoms with van der Waals surface area (Å²) in [5.74, 6) is -0.610. The molecular weight excluding hydrogens is 410 g/mol. The molecule has 0 spiro atoms. The van der Waals surface area contributed by atoms with Crippen molar-refractivity contribution < 1.29 is 28.7 Å². The monoisotopic (exact) mass is 453 g/mol. The number of carbonyl (C=O) groups excluding carboxylic acids is 4. The van der Waals surface area contributed by atoms with E-state index in [4.69, 9.17) is 4.74 Å². The first-order chi connectivity index (χ1) is 14.8. The van der Waals surface area contributed by atoms with E-state index in [1.807, 2.05) is 41.5 Å². The Balaban J connectivity index is 0.000000900. The van der Waals surface area contributed by atoms with Gasteiger partial charge in [0, 0.05) is 17.7 Å². The van der Waals surface area contributed by atoms with Gasteiger partial charge in [0.2, 0.25) is 0 Å². The van der Waals surface area contributed by atoms with E-state index in [1.54, 1.807) is 13.8 Å². The van der Waals surface area contributed by atoms with E-state index in [2.05, 4.69) is 4.74 Å². The summed E-state index contributed by atoms with van der Waals surface area (Å²) in [5.41, 5.74) is 0.384. The first-order valence-electron chi connectivity index (χ1n) is 11.6. The minimum Gasteiger partial charge on any atom is -0.469 e. The van der Waals surface area contributed by atoms with E-state index in [0.717, 1.165) is 38.5 Å². The van der Waals surface area contributed by atoms with Crippen LogP contribution in [0.15, 0.2) is 11.1 Å². The van der Waals surface area contributed by atoms with Gasteiger partial charge in [0.15, 0.2) is 0 Å². The third-order valence-electron chi connectivity index (χ3n) is 6.26. The predicted molar refractivity (Wildman–Crippen MR) is 125 cm³/mol. The second kappa shape index (κ2) is 13.4. The van der Waals surface area contributed by atoms with Crippen LogP contribution in [0.5, 0.6) is 0 Å². The molecule has 0 saturated heterocycles. The third kappa shape index (κ3) is 8.75. The standard InChI is InChI=1S/C18H29NO4.C7H14O2/c1-6-18(4,5)17(22)23-12-10-8-7-9-11-19-15(20)13(2)14(3)16(19)21;1-5-7(2,3)6(8)9-4/h6-12H2,1-5H3;5H2,1-4H3. The summed E-state index contributed by atoms with van der Waals surface area (Å²) in [6.07, 6.45) is 5.00. The highest BCUT2D eigenvalue weighted by Gasteiger charge is 2.32.